The van der Waals surface area contributed by atoms with E-state index < -0.39 is 11.6 Å². The highest BCUT2D eigenvalue weighted by Gasteiger charge is 2.12. The van der Waals surface area contributed by atoms with Crippen molar-refractivity contribution in [2.45, 2.75) is 20.3 Å². The number of hydrogen-bond acceptors (Lipinski definition) is 1. The Bertz CT molecular complexity index is 616. The molecule has 1 heterocycles. The predicted octanol–water partition coefficient (Wildman–Crippen LogP) is 2.68. The predicted molar refractivity (Wildman–Crippen MR) is 58.6 cm³/mol. The van der Waals surface area contributed by atoms with Gasteiger partial charge in [-0.2, -0.15) is 0 Å². The lowest BCUT2D eigenvalue weighted by atomic mass is 10.1. The van der Waals surface area contributed by atoms with Gasteiger partial charge in [0.1, 0.15) is 11.6 Å². The molecule has 0 atom stereocenters. The normalized spacial score (nSPS) is 11.0. The van der Waals surface area contributed by atoms with Crippen molar-refractivity contribution < 1.29 is 8.78 Å². The fraction of sp³-hybridized carbons (Fsp3) is 0.250. The van der Waals surface area contributed by atoms with E-state index in [0.717, 1.165) is 12.1 Å². The van der Waals surface area contributed by atoms with Gasteiger partial charge in [0.2, 0.25) is 0 Å². The zero-order chi connectivity index (χ0) is 11.9. The Morgan fingerprint density at radius 1 is 1.31 bits per heavy atom. The smallest absolute Gasteiger partial charge is 0.195 e. The van der Waals surface area contributed by atoms with Gasteiger partial charge in [-0.25, -0.2) is 8.78 Å². The maximum absolute atomic E-state index is 13.5. The molecule has 0 aliphatic heterocycles. The van der Waals surface area contributed by atoms with Gasteiger partial charge in [0.25, 0.3) is 0 Å². The molecule has 0 aliphatic rings. The molecule has 1 aromatic carbocycles. The second-order valence-corrected chi connectivity index (χ2v) is 3.72. The first kappa shape index (κ1) is 10.8. The van der Waals surface area contributed by atoms with Crippen LogP contribution in [0.2, 0.25) is 0 Å². The van der Waals surface area contributed by atoms with E-state index in [1.165, 1.54) is 0 Å². The molecule has 4 heteroatoms. The van der Waals surface area contributed by atoms with Gasteiger partial charge in [-0.15, -0.1) is 0 Å². The average molecular weight is 223 g/mol. The Morgan fingerprint density at radius 2 is 2.00 bits per heavy atom. The van der Waals surface area contributed by atoms with Gasteiger partial charge < -0.3 is 4.98 Å². The number of pyridine rings is 1. The molecule has 1 N–H and O–H groups in total. The standard InChI is InChI=1S/C12H11F2NO/c1-3-8-6(2)15-10-5-7(13)4-9(14)11(10)12(8)16/h4-5H,3H2,1-2H3,(H,15,16). The summed E-state index contributed by atoms with van der Waals surface area (Å²) >= 11 is 0. The number of H-pyrrole nitrogens is 1. The largest absolute Gasteiger partial charge is 0.358 e. The number of fused-ring (bicyclic) bond motifs is 1. The van der Waals surface area contributed by atoms with Gasteiger partial charge >= 0.3 is 0 Å². The minimum Gasteiger partial charge on any atom is -0.358 e. The van der Waals surface area contributed by atoms with Crippen LogP contribution in [0.4, 0.5) is 8.78 Å². The first-order valence-electron chi connectivity index (χ1n) is 5.05. The highest BCUT2D eigenvalue weighted by atomic mass is 19.1. The van der Waals surface area contributed by atoms with E-state index in [1.807, 2.05) is 6.92 Å². The number of rotatable bonds is 1. The molecule has 0 bridgehead atoms. The van der Waals surface area contributed by atoms with Crippen molar-refractivity contribution in [3.8, 4) is 0 Å². The van der Waals surface area contributed by atoms with Gasteiger partial charge in [0, 0.05) is 17.3 Å². The molecular weight excluding hydrogens is 212 g/mol. The molecule has 1 aromatic heterocycles. The average Bonchev–Trinajstić information content (AvgIpc) is 2.15. The van der Waals surface area contributed by atoms with Crippen molar-refractivity contribution in [3.05, 3.63) is 45.2 Å². The van der Waals surface area contributed by atoms with Crippen LogP contribution < -0.4 is 5.43 Å². The number of aromatic amines is 1. The summed E-state index contributed by atoms with van der Waals surface area (Å²) < 4.78 is 26.5. The highest BCUT2D eigenvalue weighted by Crippen LogP contribution is 2.16. The molecular formula is C12H11F2NO. The molecule has 16 heavy (non-hydrogen) atoms. The summed E-state index contributed by atoms with van der Waals surface area (Å²) in [6, 6.07) is 1.86. The SMILES string of the molecule is CCc1c(C)[nH]c2cc(F)cc(F)c2c1=O. The zero-order valence-electron chi connectivity index (χ0n) is 9.03. The molecule has 0 amide bonds. The van der Waals surface area contributed by atoms with E-state index in [-0.39, 0.29) is 16.3 Å². The number of aromatic nitrogens is 1. The lowest BCUT2D eigenvalue weighted by molar-refractivity contribution is 0.591. The molecule has 84 valence electrons. The third kappa shape index (κ3) is 1.50. The van der Waals surface area contributed by atoms with Crippen LogP contribution in [0.25, 0.3) is 10.9 Å². The Morgan fingerprint density at radius 3 is 2.62 bits per heavy atom. The van der Waals surface area contributed by atoms with Crippen LogP contribution in [0.1, 0.15) is 18.2 Å². The quantitative estimate of drug-likeness (QED) is 0.792. The summed E-state index contributed by atoms with van der Waals surface area (Å²) in [5.74, 6) is -1.50. The van der Waals surface area contributed by atoms with Crippen molar-refractivity contribution in [1.82, 2.24) is 4.98 Å². The topological polar surface area (TPSA) is 32.9 Å². The minimum absolute atomic E-state index is 0.0659. The van der Waals surface area contributed by atoms with Gasteiger partial charge in [-0.05, 0) is 19.4 Å². The fourth-order valence-corrected chi connectivity index (χ4v) is 1.93. The van der Waals surface area contributed by atoms with Crippen molar-refractivity contribution in [2.24, 2.45) is 0 Å². The molecule has 0 saturated heterocycles. The fourth-order valence-electron chi connectivity index (χ4n) is 1.93. The van der Waals surface area contributed by atoms with Crippen LogP contribution in [0, 0.1) is 18.6 Å². The molecule has 2 rings (SSSR count). The van der Waals surface area contributed by atoms with E-state index in [2.05, 4.69) is 4.98 Å². The maximum atomic E-state index is 13.5. The van der Waals surface area contributed by atoms with E-state index in [4.69, 9.17) is 0 Å². The summed E-state index contributed by atoms with van der Waals surface area (Å²) in [5, 5.41) is -0.0659. The lowest BCUT2D eigenvalue weighted by Crippen LogP contribution is -2.14. The summed E-state index contributed by atoms with van der Waals surface area (Å²) in [5.41, 5.74) is 1.05. The molecule has 0 spiro atoms. The summed E-state index contributed by atoms with van der Waals surface area (Å²) in [7, 11) is 0. The summed E-state index contributed by atoms with van der Waals surface area (Å²) in [6.07, 6.45) is 0.522. The lowest BCUT2D eigenvalue weighted by Gasteiger charge is -2.06. The Kier molecular flexibility index (Phi) is 2.50. The van der Waals surface area contributed by atoms with Crippen LogP contribution in [0.5, 0.6) is 0 Å². The molecule has 2 aromatic rings. The Hall–Kier alpha value is -1.71. The minimum atomic E-state index is -0.814. The van der Waals surface area contributed by atoms with E-state index in [0.29, 0.717) is 17.7 Å². The van der Waals surface area contributed by atoms with Crippen molar-refractivity contribution >= 4 is 10.9 Å². The van der Waals surface area contributed by atoms with E-state index in [1.54, 1.807) is 6.92 Å². The third-order valence-electron chi connectivity index (χ3n) is 2.68. The van der Waals surface area contributed by atoms with Crippen molar-refractivity contribution in [1.29, 1.82) is 0 Å². The molecule has 0 radical (unpaired) electrons. The van der Waals surface area contributed by atoms with Crippen LogP contribution in [0.3, 0.4) is 0 Å². The summed E-state index contributed by atoms with van der Waals surface area (Å²) in [6.45, 7) is 3.55. The van der Waals surface area contributed by atoms with Gasteiger partial charge in [-0.3, -0.25) is 4.79 Å². The number of benzene rings is 1. The molecule has 0 saturated carbocycles. The molecule has 0 fully saturated rings. The number of halogens is 2. The Labute approximate surface area is 90.9 Å². The highest BCUT2D eigenvalue weighted by molar-refractivity contribution is 5.80. The molecule has 0 unspecified atom stereocenters. The number of hydrogen-bond donors (Lipinski definition) is 1. The third-order valence-corrected chi connectivity index (χ3v) is 2.68. The maximum Gasteiger partial charge on any atom is 0.195 e. The van der Waals surface area contributed by atoms with Gasteiger partial charge in [-0.1, -0.05) is 6.92 Å². The first-order chi connectivity index (χ1) is 7.54. The number of aryl methyl sites for hydroxylation is 1. The second-order valence-electron chi connectivity index (χ2n) is 3.72. The molecule has 0 aliphatic carbocycles. The van der Waals surface area contributed by atoms with Crippen LogP contribution in [-0.2, 0) is 6.42 Å². The van der Waals surface area contributed by atoms with Gasteiger partial charge in [0.05, 0.1) is 10.9 Å². The monoisotopic (exact) mass is 223 g/mol. The van der Waals surface area contributed by atoms with Gasteiger partial charge in [0.15, 0.2) is 5.43 Å². The van der Waals surface area contributed by atoms with Crippen LogP contribution >= 0.6 is 0 Å². The number of nitrogens with one attached hydrogen (secondary N) is 1. The van der Waals surface area contributed by atoms with Crippen molar-refractivity contribution in [2.75, 3.05) is 0 Å². The second kappa shape index (κ2) is 3.70. The van der Waals surface area contributed by atoms with Crippen LogP contribution in [-0.4, -0.2) is 4.98 Å². The van der Waals surface area contributed by atoms with E-state index >= 15 is 0 Å². The van der Waals surface area contributed by atoms with E-state index in [9.17, 15) is 13.6 Å². The van der Waals surface area contributed by atoms with Crippen LogP contribution in [0.15, 0.2) is 16.9 Å². The first-order valence-corrected chi connectivity index (χ1v) is 5.05. The zero-order valence-corrected chi connectivity index (χ0v) is 9.03. The molecule has 2 nitrogen and oxygen atoms in total. The Balaban J connectivity index is 2.99. The summed E-state index contributed by atoms with van der Waals surface area (Å²) in [4.78, 5) is 14.8. The van der Waals surface area contributed by atoms with Crippen molar-refractivity contribution in [3.63, 3.8) is 0 Å².